The zero-order chi connectivity index (χ0) is 15.5. The van der Waals surface area contributed by atoms with E-state index in [9.17, 15) is 10.0 Å². The standard InChI is InChI=1S/C16H15N3O3/c1-22-12-5-2-4-11(8-12)10-18-14-9-15(20)19(21)16-13(14)6-3-7-17-16/h2-9,18,21H,10H2,1H3. The van der Waals surface area contributed by atoms with Crippen LogP contribution in [0.1, 0.15) is 5.56 Å². The Kier molecular flexibility index (Phi) is 3.65. The first kappa shape index (κ1) is 13.9. The van der Waals surface area contributed by atoms with Crippen LogP contribution in [0, 0.1) is 0 Å². The molecule has 22 heavy (non-hydrogen) atoms. The van der Waals surface area contributed by atoms with E-state index >= 15 is 0 Å². The molecule has 6 nitrogen and oxygen atoms in total. The van der Waals surface area contributed by atoms with Gasteiger partial charge in [0.25, 0.3) is 5.56 Å². The summed E-state index contributed by atoms with van der Waals surface area (Å²) in [4.78, 5) is 15.8. The molecule has 6 heteroatoms. The van der Waals surface area contributed by atoms with Gasteiger partial charge in [-0.15, -0.1) is 4.73 Å². The minimum absolute atomic E-state index is 0.225. The second-order valence-corrected chi connectivity index (χ2v) is 4.79. The molecule has 0 saturated carbocycles. The van der Waals surface area contributed by atoms with Crippen LogP contribution in [0.2, 0.25) is 0 Å². The highest BCUT2D eigenvalue weighted by Gasteiger charge is 2.08. The average molecular weight is 297 g/mol. The summed E-state index contributed by atoms with van der Waals surface area (Å²) in [7, 11) is 1.62. The average Bonchev–Trinajstić information content (AvgIpc) is 2.57. The summed E-state index contributed by atoms with van der Waals surface area (Å²) in [6.45, 7) is 0.524. The van der Waals surface area contributed by atoms with E-state index < -0.39 is 5.56 Å². The van der Waals surface area contributed by atoms with Crippen molar-refractivity contribution in [2.45, 2.75) is 6.54 Å². The van der Waals surface area contributed by atoms with Gasteiger partial charge in [-0.1, -0.05) is 12.1 Å². The maximum atomic E-state index is 11.8. The van der Waals surface area contributed by atoms with Crippen molar-refractivity contribution in [2.24, 2.45) is 0 Å². The number of methoxy groups -OCH3 is 1. The first-order chi connectivity index (χ1) is 10.7. The molecule has 0 unspecified atom stereocenters. The summed E-state index contributed by atoms with van der Waals surface area (Å²) in [5.41, 5.74) is 1.34. The Morgan fingerprint density at radius 1 is 1.27 bits per heavy atom. The first-order valence-electron chi connectivity index (χ1n) is 6.76. The third-order valence-electron chi connectivity index (χ3n) is 3.37. The smallest absolute Gasteiger partial charge is 0.286 e. The molecule has 0 aliphatic carbocycles. The second kappa shape index (κ2) is 5.77. The van der Waals surface area contributed by atoms with Gasteiger partial charge in [-0.3, -0.25) is 4.79 Å². The van der Waals surface area contributed by atoms with E-state index in [1.165, 1.54) is 12.3 Å². The highest BCUT2D eigenvalue weighted by molar-refractivity contribution is 5.88. The predicted octanol–water partition coefficient (Wildman–Crippen LogP) is 2.25. The van der Waals surface area contributed by atoms with Gasteiger partial charge in [0, 0.05) is 24.2 Å². The number of nitrogens with one attached hydrogen (secondary N) is 1. The van der Waals surface area contributed by atoms with E-state index in [1.807, 2.05) is 24.3 Å². The lowest BCUT2D eigenvalue weighted by atomic mass is 10.2. The number of pyridine rings is 2. The van der Waals surface area contributed by atoms with Gasteiger partial charge in [0.1, 0.15) is 5.75 Å². The van der Waals surface area contributed by atoms with Crippen molar-refractivity contribution in [3.05, 3.63) is 64.6 Å². The number of benzene rings is 1. The van der Waals surface area contributed by atoms with Crippen LogP contribution < -0.4 is 15.6 Å². The molecule has 0 fully saturated rings. The third kappa shape index (κ3) is 2.58. The van der Waals surface area contributed by atoms with Crippen molar-refractivity contribution in [1.82, 2.24) is 9.71 Å². The molecule has 0 amide bonds. The van der Waals surface area contributed by atoms with Gasteiger partial charge in [-0.05, 0) is 29.8 Å². The molecule has 1 aromatic carbocycles. The van der Waals surface area contributed by atoms with E-state index in [1.54, 1.807) is 19.2 Å². The monoisotopic (exact) mass is 297 g/mol. The van der Waals surface area contributed by atoms with Crippen molar-refractivity contribution in [3.63, 3.8) is 0 Å². The van der Waals surface area contributed by atoms with Crippen molar-refractivity contribution in [3.8, 4) is 5.75 Å². The summed E-state index contributed by atoms with van der Waals surface area (Å²) in [6.07, 6.45) is 1.53. The molecule has 0 radical (unpaired) electrons. The Morgan fingerprint density at radius 3 is 2.95 bits per heavy atom. The molecule has 0 aliphatic rings. The van der Waals surface area contributed by atoms with E-state index in [0.29, 0.717) is 22.3 Å². The molecule has 3 aromatic rings. The largest absolute Gasteiger partial charge is 0.497 e. The molecule has 2 heterocycles. The summed E-state index contributed by atoms with van der Waals surface area (Å²) in [5.74, 6) is 0.775. The van der Waals surface area contributed by atoms with Crippen LogP contribution in [0.5, 0.6) is 5.75 Å². The first-order valence-corrected chi connectivity index (χ1v) is 6.76. The lowest BCUT2D eigenvalue weighted by Crippen LogP contribution is -2.19. The van der Waals surface area contributed by atoms with Crippen LogP contribution in [0.15, 0.2) is 53.5 Å². The van der Waals surface area contributed by atoms with Crippen LogP contribution in [-0.4, -0.2) is 22.0 Å². The molecule has 3 rings (SSSR count). The van der Waals surface area contributed by atoms with E-state index in [-0.39, 0.29) is 5.65 Å². The predicted molar refractivity (Wildman–Crippen MR) is 83.5 cm³/mol. The summed E-state index contributed by atoms with van der Waals surface area (Å²) in [5, 5.41) is 13.6. The number of anilines is 1. The lowest BCUT2D eigenvalue weighted by molar-refractivity contribution is 0.187. The van der Waals surface area contributed by atoms with Crippen LogP contribution in [0.3, 0.4) is 0 Å². The molecule has 0 saturated heterocycles. The Balaban J connectivity index is 1.94. The summed E-state index contributed by atoms with van der Waals surface area (Å²) < 4.78 is 5.74. The number of aromatic nitrogens is 2. The summed E-state index contributed by atoms with van der Waals surface area (Å²) in [6, 6.07) is 12.6. The van der Waals surface area contributed by atoms with Crippen LogP contribution in [-0.2, 0) is 6.54 Å². The minimum Gasteiger partial charge on any atom is -0.497 e. The van der Waals surface area contributed by atoms with E-state index in [4.69, 9.17) is 4.74 Å². The summed E-state index contributed by atoms with van der Waals surface area (Å²) >= 11 is 0. The van der Waals surface area contributed by atoms with Gasteiger partial charge in [-0.25, -0.2) is 4.98 Å². The molecule has 2 aromatic heterocycles. The maximum absolute atomic E-state index is 11.8. The fourth-order valence-electron chi connectivity index (χ4n) is 2.27. The van der Waals surface area contributed by atoms with Gasteiger partial charge < -0.3 is 15.3 Å². The highest BCUT2D eigenvalue weighted by atomic mass is 16.5. The van der Waals surface area contributed by atoms with Gasteiger partial charge in [0.15, 0.2) is 5.65 Å². The normalized spacial score (nSPS) is 10.6. The SMILES string of the molecule is COc1cccc(CNc2cc(=O)n(O)c3ncccc23)c1. The molecule has 112 valence electrons. The molecule has 0 atom stereocenters. The molecular weight excluding hydrogens is 282 g/mol. The number of ether oxygens (including phenoxy) is 1. The lowest BCUT2D eigenvalue weighted by Gasteiger charge is -2.11. The number of hydrogen-bond donors (Lipinski definition) is 2. The van der Waals surface area contributed by atoms with Gasteiger partial charge >= 0.3 is 0 Å². The van der Waals surface area contributed by atoms with Gasteiger partial charge in [0.05, 0.1) is 12.8 Å². The Morgan fingerprint density at radius 2 is 2.14 bits per heavy atom. The van der Waals surface area contributed by atoms with Crippen molar-refractivity contribution in [2.75, 3.05) is 12.4 Å². The second-order valence-electron chi connectivity index (χ2n) is 4.79. The Hall–Kier alpha value is -3.02. The number of nitrogens with zero attached hydrogens (tertiary/aromatic N) is 2. The molecule has 0 bridgehead atoms. The van der Waals surface area contributed by atoms with E-state index in [0.717, 1.165) is 11.3 Å². The number of fused-ring (bicyclic) bond motifs is 1. The van der Waals surface area contributed by atoms with E-state index in [2.05, 4.69) is 10.3 Å². The van der Waals surface area contributed by atoms with Gasteiger partial charge in [0.2, 0.25) is 0 Å². The molecule has 0 aliphatic heterocycles. The molecular formula is C16H15N3O3. The zero-order valence-corrected chi connectivity index (χ0v) is 12.0. The van der Waals surface area contributed by atoms with Crippen molar-refractivity contribution in [1.29, 1.82) is 0 Å². The van der Waals surface area contributed by atoms with Crippen molar-refractivity contribution >= 4 is 16.7 Å². The van der Waals surface area contributed by atoms with Crippen LogP contribution >= 0.6 is 0 Å². The topological polar surface area (TPSA) is 76.4 Å². The molecule has 2 N–H and O–H groups in total. The Labute approximate surface area is 126 Å². The highest BCUT2D eigenvalue weighted by Crippen LogP contribution is 2.20. The fourth-order valence-corrected chi connectivity index (χ4v) is 2.27. The zero-order valence-electron chi connectivity index (χ0n) is 12.0. The van der Waals surface area contributed by atoms with Crippen LogP contribution in [0.25, 0.3) is 11.0 Å². The Bertz CT molecular complexity index is 874. The minimum atomic E-state index is -0.528. The van der Waals surface area contributed by atoms with Crippen LogP contribution in [0.4, 0.5) is 5.69 Å². The van der Waals surface area contributed by atoms with Gasteiger partial charge in [-0.2, -0.15) is 0 Å². The molecule has 0 spiro atoms. The quantitative estimate of drug-likeness (QED) is 0.722. The van der Waals surface area contributed by atoms with Crippen molar-refractivity contribution < 1.29 is 9.94 Å². The fraction of sp³-hybridized carbons (Fsp3) is 0.125. The number of hydrogen-bond acceptors (Lipinski definition) is 5. The number of rotatable bonds is 4. The third-order valence-corrected chi connectivity index (χ3v) is 3.37. The maximum Gasteiger partial charge on any atom is 0.286 e.